The SMILES string of the molecule is CCN1/C(=C2\SC(=S)N(CC(=O)[O-])C2=O)C=Cc2cc(C)ccc21. The molecule has 124 valence electrons. The molecule has 1 amide bonds. The van der Waals surface area contributed by atoms with Crippen LogP contribution in [-0.2, 0) is 9.59 Å². The number of amides is 1. The molecule has 2 heterocycles. The average Bonchev–Trinajstić information content (AvgIpc) is 2.81. The molecule has 7 heteroatoms. The molecule has 24 heavy (non-hydrogen) atoms. The summed E-state index contributed by atoms with van der Waals surface area (Å²) in [7, 11) is 0. The van der Waals surface area contributed by atoms with Crippen LogP contribution in [0.2, 0.25) is 0 Å². The molecule has 5 nitrogen and oxygen atoms in total. The lowest BCUT2D eigenvalue weighted by Gasteiger charge is -2.30. The number of carboxylic acids is 1. The first-order valence-electron chi connectivity index (χ1n) is 7.46. The third-order valence-corrected chi connectivity index (χ3v) is 5.32. The van der Waals surface area contributed by atoms with Crippen molar-refractivity contribution in [3.8, 4) is 0 Å². The smallest absolute Gasteiger partial charge is 0.268 e. The van der Waals surface area contributed by atoms with Gasteiger partial charge in [-0.15, -0.1) is 0 Å². The minimum absolute atomic E-state index is 0.242. The molecule has 1 fully saturated rings. The van der Waals surface area contributed by atoms with Crippen LogP contribution in [0.4, 0.5) is 5.69 Å². The Bertz CT molecular complexity index is 814. The number of hydrogen-bond donors (Lipinski definition) is 0. The van der Waals surface area contributed by atoms with Crippen molar-refractivity contribution >= 4 is 51.9 Å². The zero-order valence-electron chi connectivity index (χ0n) is 13.2. The van der Waals surface area contributed by atoms with Crippen LogP contribution in [-0.4, -0.2) is 34.2 Å². The number of carbonyl (C=O) groups is 2. The van der Waals surface area contributed by atoms with E-state index in [0.717, 1.165) is 39.2 Å². The van der Waals surface area contributed by atoms with Crippen LogP contribution in [0.15, 0.2) is 34.9 Å². The number of hydrogen-bond acceptors (Lipinski definition) is 6. The largest absolute Gasteiger partial charge is 0.548 e. The minimum Gasteiger partial charge on any atom is -0.548 e. The van der Waals surface area contributed by atoms with Gasteiger partial charge in [0.15, 0.2) is 0 Å². The Hall–Kier alpha value is -2.12. The second kappa shape index (κ2) is 6.41. The lowest BCUT2D eigenvalue weighted by atomic mass is 10.0. The second-order valence-electron chi connectivity index (χ2n) is 5.49. The molecule has 0 aliphatic carbocycles. The van der Waals surface area contributed by atoms with Gasteiger partial charge in [-0.25, -0.2) is 0 Å². The fourth-order valence-corrected chi connectivity index (χ4v) is 4.11. The zero-order chi connectivity index (χ0) is 17.4. The van der Waals surface area contributed by atoms with Crippen molar-refractivity contribution in [2.24, 2.45) is 0 Å². The van der Waals surface area contributed by atoms with E-state index in [1.807, 2.05) is 43.0 Å². The monoisotopic (exact) mass is 359 g/mol. The van der Waals surface area contributed by atoms with E-state index in [4.69, 9.17) is 12.2 Å². The van der Waals surface area contributed by atoms with Crippen molar-refractivity contribution in [1.82, 2.24) is 4.90 Å². The number of carbonyl (C=O) groups excluding carboxylic acids is 2. The highest BCUT2D eigenvalue weighted by Crippen LogP contribution is 2.39. The molecule has 0 saturated carbocycles. The quantitative estimate of drug-likeness (QED) is 0.604. The molecule has 0 aromatic heterocycles. The third kappa shape index (κ3) is 2.85. The highest BCUT2D eigenvalue weighted by Gasteiger charge is 2.36. The van der Waals surface area contributed by atoms with E-state index in [9.17, 15) is 14.7 Å². The first kappa shape index (κ1) is 16.7. The molecule has 0 unspecified atom stereocenters. The van der Waals surface area contributed by atoms with Gasteiger partial charge in [0, 0.05) is 12.2 Å². The van der Waals surface area contributed by atoms with Crippen molar-refractivity contribution in [2.45, 2.75) is 13.8 Å². The van der Waals surface area contributed by atoms with Gasteiger partial charge in [0.1, 0.15) is 9.23 Å². The summed E-state index contributed by atoms with van der Waals surface area (Å²) in [6.07, 6.45) is 3.85. The highest BCUT2D eigenvalue weighted by atomic mass is 32.2. The first-order chi connectivity index (χ1) is 11.4. The summed E-state index contributed by atoms with van der Waals surface area (Å²) in [5.41, 5.74) is 4.02. The first-order valence-corrected chi connectivity index (χ1v) is 8.69. The fraction of sp³-hybridized carbons (Fsp3) is 0.235. The number of aliphatic carboxylic acids is 1. The normalized spacial score (nSPS) is 19.9. The number of rotatable bonds is 3. The van der Waals surface area contributed by atoms with Gasteiger partial charge in [-0.05, 0) is 37.6 Å². The van der Waals surface area contributed by atoms with Gasteiger partial charge in [0.2, 0.25) is 0 Å². The van der Waals surface area contributed by atoms with E-state index in [1.165, 1.54) is 0 Å². The Balaban J connectivity index is 2.04. The number of thioether (sulfide) groups is 1. The molecule has 0 spiro atoms. The van der Waals surface area contributed by atoms with Crippen molar-refractivity contribution in [3.05, 3.63) is 46.0 Å². The molecule has 1 aromatic carbocycles. The number of thiocarbonyl (C=S) groups is 1. The van der Waals surface area contributed by atoms with Crippen LogP contribution < -0.4 is 10.0 Å². The van der Waals surface area contributed by atoms with Gasteiger partial charge in [0.25, 0.3) is 5.91 Å². The van der Waals surface area contributed by atoms with E-state index >= 15 is 0 Å². The Morgan fingerprint density at radius 3 is 2.71 bits per heavy atom. The summed E-state index contributed by atoms with van der Waals surface area (Å²) in [5.74, 6) is -1.72. The Labute approximate surface area is 149 Å². The molecule has 0 radical (unpaired) electrons. The van der Waals surface area contributed by atoms with Crippen molar-refractivity contribution in [3.63, 3.8) is 0 Å². The summed E-state index contributed by atoms with van der Waals surface area (Å²) in [5, 5.41) is 10.8. The lowest BCUT2D eigenvalue weighted by Crippen LogP contribution is -2.40. The summed E-state index contributed by atoms with van der Waals surface area (Å²) < 4.78 is 0.242. The molecule has 1 aromatic rings. The predicted molar refractivity (Wildman–Crippen MR) is 97.2 cm³/mol. The number of fused-ring (bicyclic) bond motifs is 1. The highest BCUT2D eigenvalue weighted by molar-refractivity contribution is 8.26. The van der Waals surface area contributed by atoms with Crippen molar-refractivity contribution in [1.29, 1.82) is 0 Å². The molecular formula is C17H15N2O3S2-. The van der Waals surface area contributed by atoms with E-state index in [1.54, 1.807) is 0 Å². The summed E-state index contributed by atoms with van der Waals surface area (Å²) in [4.78, 5) is 27.0. The zero-order valence-corrected chi connectivity index (χ0v) is 14.9. The summed E-state index contributed by atoms with van der Waals surface area (Å²) in [6, 6.07) is 6.14. The van der Waals surface area contributed by atoms with Gasteiger partial charge in [-0.1, -0.05) is 41.7 Å². The summed E-state index contributed by atoms with van der Waals surface area (Å²) >= 11 is 6.28. The molecule has 2 aliphatic rings. The van der Waals surface area contributed by atoms with Gasteiger partial charge in [0.05, 0.1) is 18.2 Å². The maximum atomic E-state index is 12.6. The lowest BCUT2D eigenvalue weighted by molar-refractivity contribution is -0.305. The van der Waals surface area contributed by atoms with Crippen LogP contribution in [0.1, 0.15) is 18.1 Å². The van der Waals surface area contributed by atoms with Crippen LogP contribution in [0.3, 0.4) is 0 Å². The van der Waals surface area contributed by atoms with Crippen LogP contribution in [0.25, 0.3) is 6.08 Å². The van der Waals surface area contributed by atoms with Crippen molar-refractivity contribution in [2.75, 3.05) is 18.0 Å². The molecule has 3 rings (SSSR count). The topological polar surface area (TPSA) is 63.7 Å². The fourth-order valence-electron chi connectivity index (χ4n) is 2.80. The maximum Gasteiger partial charge on any atom is 0.268 e. The molecule has 0 N–H and O–H groups in total. The van der Waals surface area contributed by atoms with Gasteiger partial charge in [-0.2, -0.15) is 0 Å². The van der Waals surface area contributed by atoms with Gasteiger partial charge in [-0.3, -0.25) is 9.69 Å². The third-order valence-electron chi connectivity index (χ3n) is 3.87. The van der Waals surface area contributed by atoms with E-state index in [-0.39, 0.29) is 10.2 Å². The number of aryl methyl sites for hydroxylation is 1. The Kier molecular flexibility index (Phi) is 4.47. The minimum atomic E-state index is -1.33. The maximum absolute atomic E-state index is 12.6. The number of allylic oxidation sites excluding steroid dienone is 1. The number of benzene rings is 1. The molecule has 2 aliphatic heterocycles. The second-order valence-corrected chi connectivity index (χ2v) is 7.13. The Morgan fingerprint density at radius 1 is 1.29 bits per heavy atom. The molecule has 0 bridgehead atoms. The van der Waals surface area contributed by atoms with Crippen LogP contribution in [0.5, 0.6) is 0 Å². The summed E-state index contributed by atoms with van der Waals surface area (Å²) in [6.45, 7) is 4.20. The average molecular weight is 359 g/mol. The Morgan fingerprint density at radius 2 is 2.04 bits per heavy atom. The number of nitrogens with zero attached hydrogens (tertiary/aromatic N) is 2. The molecular weight excluding hydrogens is 344 g/mol. The van der Waals surface area contributed by atoms with E-state index in [2.05, 4.69) is 6.07 Å². The van der Waals surface area contributed by atoms with Gasteiger partial charge < -0.3 is 14.8 Å². The predicted octanol–water partition coefficient (Wildman–Crippen LogP) is 1.67. The van der Waals surface area contributed by atoms with Gasteiger partial charge >= 0.3 is 0 Å². The van der Waals surface area contributed by atoms with E-state index in [0.29, 0.717) is 11.4 Å². The molecule has 1 saturated heterocycles. The van der Waals surface area contributed by atoms with E-state index < -0.39 is 12.5 Å². The van der Waals surface area contributed by atoms with Crippen molar-refractivity contribution < 1.29 is 14.7 Å². The number of carboxylic acid groups (broad SMARTS) is 1. The van der Waals surface area contributed by atoms with Crippen LogP contribution >= 0.6 is 24.0 Å². The number of anilines is 1. The van der Waals surface area contributed by atoms with Crippen LogP contribution in [0, 0.1) is 6.92 Å². The molecule has 0 atom stereocenters. The number of likely N-dealkylation sites (N-methyl/N-ethyl adjacent to an activating group) is 1. The standard InChI is InChI=1S/C17H16N2O3S2/c1-3-18-12-6-4-10(2)8-11(12)5-7-13(18)15-16(22)19(9-14(20)21)17(23)24-15/h4-8H,3,9H2,1-2H3,(H,20,21)/p-1/b15-13-.